The van der Waals surface area contributed by atoms with E-state index in [4.69, 9.17) is 15.5 Å². The fourth-order valence-electron chi connectivity index (χ4n) is 4.90. The van der Waals surface area contributed by atoms with Crippen molar-refractivity contribution in [2.75, 3.05) is 37.9 Å². The topological polar surface area (TPSA) is 92.1 Å². The third-order valence-corrected chi connectivity index (χ3v) is 6.63. The first kappa shape index (κ1) is 23.0. The van der Waals surface area contributed by atoms with Crippen LogP contribution in [0.3, 0.4) is 0 Å². The molecule has 0 spiro atoms. The Morgan fingerprint density at radius 2 is 1.86 bits per heavy atom. The number of piperidine rings is 1. The van der Waals surface area contributed by atoms with Crippen LogP contribution in [0.25, 0.3) is 33.5 Å². The van der Waals surface area contributed by atoms with E-state index < -0.39 is 5.82 Å². The molecule has 0 atom stereocenters. The summed E-state index contributed by atoms with van der Waals surface area (Å²) in [5.74, 6) is 0.305. The SMILES string of the molecule is CNC1CCN(c2c(-c3cc(C)cc(F)c3)cnc(N)c2-c2nc3c(OC)cc(F)cc3[nH]2)CC1. The highest BCUT2D eigenvalue weighted by Crippen LogP contribution is 2.43. The quantitative estimate of drug-likeness (QED) is 0.387. The Kier molecular flexibility index (Phi) is 6.02. The van der Waals surface area contributed by atoms with Gasteiger partial charge in [0.2, 0.25) is 0 Å². The summed E-state index contributed by atoms with van der Waals surface area (Å²) >= 11 is 0. The molecule has 1 aliphatic heterocycles. The fraction of sp³-hybridized carbons (Fsp3) is 0.308. The van der Waals surface area contributed by atoms with Crippen molar-refractivity contribution in [1.82, 2.24) is 20.3 Å². The molecule has 182 valence electrons. The molecule has 9 heteroatoms. The maximum atomic E-state index is 14.4. The van der Waals surface area contributed by atoms with Gasteiger partial charge in [-0.25, -0.2) is 18.7 Å². The number of hydrogen-bond donors (Lipinski definition) is 3. The number of nitrogens with two attached hydrogens (primary N) is 1. The lowest BCUT2D eigenvalue weighted by Gasteiger charge is -2.36. The Labute approximate surface area is 202 Å². The number of rotatable bonds is 5. The summed E-state index contributed by atoms with van der Waals surface area (Å²) in [4.78, 5) is 14.6. The zero-order valence-electron chi connectivity index (χ0n) is 20.0. The van der Waals surface area contributed by atoms with E-state index in [2.05, 4.69) is 20.2 Å². The third-order valence-electron chi connectivity index (χ3n) is 6.63. The molecule has 0 saturated carbocycles. The lowest BCUT2D eigenvalue weighted by atomic mass is 9.96. The van der Waals surface area contributed by atoms with Gasteiger partial charge in [-0.3, -0.25) is 0 Å². The Morgan fingerprint density at radius 1 is 1.11 bits per heavy atom. The molecule has 2 aromatic carbocycles. The van der Waals surface area contributed by atoms with Crippen LogP contribution in [0.4, 0.5) is 20.3 Å². The van der Waals surface area contributed by atoms with E-state index in [-0.39, 0.29) is 11.6 Å². The van der Waals surface area contributed by atoms with Gasteiger partial charge < -0.3 is 25.7 Å². The maximum Gasteiger partial charge on any atom is 0.149 e. The average Bonchev–Trinajstić information content (AvgIpc) is 3.26. The Hall–Kier alpha value is -3.72. The summed E-state index contributed by atoms with van der Waals surface area (Å²) in [6.07, 6.45) is 3.58. The Balaban J connectivity index is 1.75. The standard InChI is InChI=1S/C26H28F2N6O/c1-14-8-15(10-16(27)9-14)19-13-31-25(29)22(24(19)34-6-4-18(30-2)5-7-34)26-32-20-11-17(28)12-21(35-3)23(20)33-26/h8-13,18,30H,4-7H2,1-3H3,(H2,29,31)(H,32,33). The van der Waals surface area contributed by atoms with E-state index in [1.165, 1.54) is 31.4 Å². The summed E-state index contributed by atoms with van der Waals surface area (Å²) < 4.78 is 33.9. The number of aromatic nitrogens is 3. The van der Waals surface area contributed by atoms with Crippen molar-refractivity contribution in [3.63, 3.8) is 0 Å². The highest BCUT2D eigenvalue weighted by molar-refractivity contribution is 5.96. The molecule has 4 aromatic rings. The van der Waals surface area contributed by atoms with Gasteiger partial charge in [-0.05, 0) is 56.1 Å². The minimum atomic E-state index is -0.436. The molecule has 0 bridgehead atoms. The van der Waals surface area contributed by atoms with Crippen molar-refractivity contribution >= 4 is 22.5 Å². The number of imidazole rings is 1. The number of nitrogen functional groups attached to an aromatic ring is 1. The molecule has 1 aliphatic rings. The summed E-state index contributed by atoms with van der Waals surface area (Å²) in [7, 11) is 3.45. The van der Waals surface area contributed by atoms with Crippen molar-refractivity contribution in [2.45, 2.75) is 25.8 Å². The fourth-order valence-corrected chi connectivity index (χ4v) is 4.90. The smallest absolute Gasteiger partial charge is 0.149 e. The predicted octanol–water partition coefficient (Wildman–Crippen LogP) is 4.66. The number of aryl methyl sites for hydroxylation is 1. The third kappa shape index (κ3) is 4.27. The molecule has 1 fully saturated rings. The van der Waals surface area contributed by atoms with Gasteiger partial charge >= 0.3 is 0 Å². The lowest BCUT2D eigenvalue weighted by Crippen LogP contribution is -2.41. The van der Waals surface area contributed by atoms with Gasteiger partial charge in [-0.1, -0.05) is 6.07 Å². The molecule has 4 N–H and O–H groups in total. The maximum absolute atomic E-state index is 14.4. The molecule has 5 rings (SSSR count). The highest BCUT2D eigenvalue weighted by atomic mass is 19.1. The van der Waals surface area contributed by atoms with Crippen LogP contribution in [0.1, 0.15) is 18.4 Å². The zero-order valence-corrected chi connectivity index (χ0v) is 20.0. The van der Waals surface area contributed by atoms with Gasteiger partial charge in [0, 0.05) is 37.0 Å². The number of benzene rings is 2. The largest absolute Gasteiger partial charge is 0.494 e. The first-order valence-electron chi connectivity index (χ1n) is 11.6. The van der Waals surface area contributed by atoms with Crippen LogP contribution in [0, 0.1) is 18.6 Å². The molecule has 7 nitrogen and oxygen atoms in total. The number of H-pyrrole nitrogens is 1. The molecular weight excluding hydrogens is 450 g/mol. The second kappa shape index (κ2) is 9.14. The molecule has 0 unspecified atom stereocenters. The second-order valence-corrected chi connectivity index (χ2v) is 8.94. The Morgan fingerprint density at radius 3 is 2.54 bits per heavy atom. The number of fused-ring (bicyclic) bond motifs is 1. The first-order chi connectivity index (χ1) is 16.9. The lowest BCUT2D eigenvalue weighted by molar-refractivity contribution is 0.416. The van der Waals surface area contributed by atoms with Gasteiger partial charge in [0.1, 0.15) is 34.5 Å². The number of nitrogens with zero attached hydrogens (tertiary/aromatic N) is 3. The summed E-state index contributed by atoms with van der Waals surface area (Å²) in [6, 6.07) is 8.02. The summed E-state index contributed by atoms with van der Waals surface area (Å²) in [5.41, 5.74) is 11.1. The molecule has 0 radical (unpaired) electrons. The molecule has 0 amide bonds. The minimum absolute atomic E-state index is 0.283. The Bertz CT molecular complexity index is 1370. The van der Waals surface area contributed by atoms with Crippen molar-refractivity contribution < 1.29 is 13.5 Å². The van der Waals surface area contributed by atoms with E-state index in [0.29, 0.717) is 39.8 Å². The van der Waals surface area contributed by atoms with E-state index in [1.54, 1.807) is 6.20 Å². The van der Waals surface area contributed by atoms with Crippen molar-refractivity contribution in [1.29, 1.82) is 0 Å². The number of pyridine rings is 1. The molecule has 1 saturated heterocycles. The number of hydrogen-bond acceptors (Lipinski definition) is 6. The van der Waals surface area contributed by atoms with Gasteiger partial charge in [0.25, 0.3) is 0 Å². The van der Waals surface area contributed by atoms with Crippen LogP contribution in [-0.2, 0) is 0 Å². The van der Waals surface area contributed by atoms with Crippen molar-refractivity contribution in [3.05, 3.63) is 53.7 Å². The summed E-state index contributed by atoms with van der Waals surface area (Å²) in [6.45, 7) is 3.42. The summed E-state index contributed by atoms with van der Waals surface area (Å²) in [5, 5.41) is 3.35. The van der Waals surface area contributed by atoms with Crippen LogP contribution in [0.2, 0.25) is 0 Å². The van der Waals surface area contributed by atoms with Crippen LogP contribution in [0.5, 0.6) is 5.75 Å². The number of anilines is 2. The minimum Gasteiger partial charge on any atom is -0.494 e. The number of halogens is 2. The molecular formula is C26H28F2N6O. The van der Waals surface area contributed by atoms with Gasteiger partial charge in [-0.15, -0.1) is 0 Å². The van der Waals surface area contributed by atoms with Crippen molar-refractivity contribution in [3.8, 4) is 28.3 Å². The molecule has 0 aliphatic carbocycles. The van der Waals surface area contributed by atoms with Crippen LogP contribution >= 0.6 is 0 Å². The number of aromatic amines is 1. The van der Waals surface area contributed by atoms with E-state index in [9.17, 15) is 8.78 Å². The van der Waals surface area contributed by atoms with Gasteiger partial charge in [0.15, 0.2) is 0 Å². The average molecular weight is 479 g/mol. The highest BCUT2D eigenvalue weighted by Gasteiger charge is 2.27. The van der Waals surface area contributed by atoms with Crippen LogP contribution in [0.15, 0.2) is 36.5 Å². The van der Waals surface area contributed by atoms with Gasteiger partial charge in [0.05, 0.1) is 23.9 Å². The predicted molar refractivity (Wildman–Crippen MR) is 135 cm³/mol. The van der Waals surface area contributed by atoms with Crippen molar-refractivity contribution in [2.24, 2.45) is 0 Å². The normalized spacial score (nSPS) is 14.6. The molecule has 35 heavy (non-hydrogen) atoms. The van der Waals surface area contributed by atoms with E-state index >= 15 is 0 Å². The van der Waals surface area contributed by atoms with Crippen LogP contribution in [-0.4, -0.2) is 48.2 Å². The van der Waals surface area contributed by atoms with E-state index in [1.807, 2.05) is 20.0 Å². The van der Waals surface area contributed by atoms with Crippen LogP contribution < -0.4 is 20.7 Å². The second-order valence-electron chi connectivity index (χ2n) is 8.94. The molecule has 2 aromatic heterocycles. The number of nitrogens with one attached hydrogen (secondary N) is 2. The monoisotopic (exact) mass is 478 g/mol. The number of methoxy groups -OCH3 is 1. The van der Waals surface area contributed by atoms with Gasteiger partial charge in [-0.2, -0.15) is 0 Å². The zero-order chi connectivity index (χ0) is 24.7. The first-order valence-corrected chi connectivity index (χ1v) is 11.6. The van der Waals surface area contributed by atoms with E-state index in [0.717, 1.165) is 42.7 Å². The molecule has 3 heterocycles. The number of ether oxygens (including phenoxy) is 1.